The molecule has 30 heavy (non-hydrogen) atoms. The van der Waals surface area contributed by atoms with Crippen molar-refractivity contribution in [2.45, 2.75) is 11.8 Å². The van der Waals surface area contributed by atoms with Crippen LogP contribution in [0.1, 0.15) is 16.7 Å². The van der Waals surface area contributed by atoms with E-state index in [-0.39, 0.29) is 5.91 Å². The molecule has 2 heterocycles. The predicted molar refractivity (Wildman–Crippen MR) is 122 cm³/mol. The van der Waals surface area contributed by atoms with Crippen molar-refractivity contribution < 1.29 is 9.53 Å². The van der Waals surface area contributed by atoms with Crippen LogP contribution in [0.5, 0.6) is 5.75 Å². The molecule has 0 aromatic heterocycles. The van der Waals surface area contributed by atoms with Gasteiger partial charge in [0.2, 0.25) is 4.87 Å². The van der Waals surface area contributed by atoms with Gasteiger partial charge in [0.05, 0.1) is 12.8 Å². The SMILES string of the molecule is COc1ccc(C2=NNC3(S2)C(=O)N(c2ccc(Cl)cc2)c2ccc(C)cc23)cc1. The van der Waals surface area contributed by atoms with E-state index in [4.69, 9.17) is 16.3 Å². The number of aryl methyl sites for hydroxylation is 1. The summed E-state index contributed by atoms with van der Waals surface area (Å²) in [6.07, 6.45) is 0. The van der Waals surface area contributed by atoms with E-state index < -0.39 is 4.87 Å². The number of ether oxygens (including phenoxy) is 1. The molecule has 0 saturated carbocycles. The Balaban J connectivity index is 1.56. The number of amides is 1. The number of benzene rings is 3. The van der Waals surface area contributed by atoms with Crippen LogP contribution in [0.3, 0.4) is 0 Å². The zero-order chi connectivity index (χ0) is 20.9. The van der Waals surface area contributed by atoms with Gasteiger partial charge in [-0.25, -0.2) is 0 Å². The summed E-state index contributed by atoms with van der Waals surface area (Å²) in [7, 11) is 1.63. The lowest BCUT2D eigenvalue weighted by Gasteiger charge is -2.23. The average molecular weight is 436 g/mol. The van der Waals surface area contributed by atoms with Gasteiger partial charge in [-0.2, -0.15) is 5.10 Å². The van der Waals surface area contributed by atoms with Crippen molar-refractivity contribution in [3.05, 3.63) is 88.4 Å². The molecule has 5 nitrogen and oxygen atoms in total. The molecule has 150 valence electrons. The molecule has 1 unspecified atom stereocenters. The molecule has 2 aliphatic heterocycles. The van der Waals surface area contributed by atoms with Crippen LogP contribution in [-0.2, 0) is 9.67 Å². The first-order chi connectivity index (χ1) is 14.5. The van der Waals surface area contributed by atoms with Crippen molar-refractivity contribution in [3.8, 4) is 5.75 Å². The second-order valence-corrected chi connectivity index (χ2v) is 8.82. The highest BCUT2D eigenvalue weighted by molar-refractivity contribution is 8.16. The number of hydrazone groups is 1. The minimum absolute atomic E-state index is 0.0808. The van der Waals surface area contributed by atoms with Crippen LogP contribution >= 0.6 is 23.4 Å². The number of hydrogen-bond acceptors (Lipinski definition) is 5. The predicted octanol–water partition coefficient (Wildman–Crippen LogP) is 5.19. The zero-order valence-corrected chi connectivity index (χ0v) is 17.9. The van der Waals surface area contributed by atoms with Crippen molar-refractivity contribution in [2.75, 3.05) is 12.0 Å². The Hall–Kier alpha value is -2.96. The van der Waals surface area contributed by atoms with Gasteiger partial charge in [-0.3, -0.25) is 15.1 Å². The average Bonchev–Trinajstić information content (AvgIpc) is 3.31. The number of methoxy groups -OCH3 is 1. The van der Waals surface area contributed by atoms with E-state index in [1.165, 1.54) is 11.8 Å². The Kier molecular flexibility index (Phi) is 4.49. The fraction of sp³-hybridized carbons (Fsp3) is 0.130. The monoisotopic (exact) mass is 435 g/mol. The quantitative estimate of drug-likeness (QED) is 0.615. The number of halogens is 1. The van der Waals surface area contributed by atoms with Crippen LogP contribution in [0.25, 0.3) is 0 Å². The first-order valence-electron chi connectivity index (χ1n) is 9.41. The second kappa shape index (κ2) is 7.07. The van der Waals surface area contributed by atoms with Gasteiger partial charge in [0.15, 0.2) is 0 Å². The minimum Gasteiger partial charge on any atom is -0.497 e. The van der Waals surface area contributed by atoms with Crippen LogP contribution in [0.2, 0.25) is 5.02 Å². The third kappa shape index (κ3) is 2.87. The minimum atomic E-state index is -1.00. The van der Waals surface area contributed by atoms with Gasteiger partial charge in [0.25, 0.3) is 5.91 Å². The van der Waals surface area contributed by atoms with Gasteiger partial charge in [-0.1, -0.05) is 41.1 Å². The third-order valence-corrected chi connectivity index (χ3v) is 6.83. The Morgan fingerprint density at radius 1 is 1.07 bits per heavy atom. The molecule has 0 bridgehead atoms. The molecular formula is C23H18ClN3O2S. The highest BCUT2D eigenvalue weighted by atomic mass is 35.5. The summed E-state index contributed by atoms with van der Waals surface area (Å²) >= 11 is 7.49. The van der Waals surface area contributed by atoms with Crippen molar-refractivity contribution >= 4 is 45.7 Å². The lowest BCUT2D eigenvalue weighted by Crippen LogP contribution is -2.42. The second-order valence-electron chi connectivity index (χ2n) is 7.18. The topological polar surface area (TPSA) is 53.9 Å². The molecule has 2 aliphatic rings. The molecule has 0 radical (unpaired) electrons. The van der Waals surface area contributed by atoms with Crippen molar-refractivity contribution in [1.82, 2.24) is 5.43 Å². The van der Waals surface area contributed by atoms with E-state index in [9.17, 15) is 4.79 Å². The summed E-state index contributed by atoms with van der Waals surface area (Å²) in [6, 6.07) is 21.0. The number of carbonyl (C=O) groups is 1. The van der Waals surface area contributed by atoms with Gasteiger partial charge in [-0.15, -0.1) is 0 Å². The van der Waals surface area contributed by atoms with E-state index in [1.54, 1.807) is 24.1 Å². The molecule has 3 aromatic rings. The van der Waals surface area contributed by atoms with E-state index >= 15 is 0 Å². The first kappa shape index (κ1) is 19.0. The van der Waals surface area contributed by atoms with E-state index in [0.717, 1.165) is 38.9 Å². The number of rotatable bonds is 3. The number of nitrogens with zero attached hydrogens (tertiary/aromatic N) is 2. The summed E-state index contributed by atoms with van der Waals surface area (Å²) in [5, 5.41) is 5.93. The Labute approximate surface area is 183 Å². The van der Waals surface area contributed by atoms with Crippen molar-refractivity contribution in [3.63, 3.8) is 0 Å². The lowest BCUT2D eigenvalue weighted by atomic mass is 10.1. The van der Waals surface area contributed by atoms with E-state index in [2.05, 4.69) is 16.6 Å². The van der Waals surface area contributed by atoms with Gasteiger partial charge >= 0.3 is 0 Å². The van der Waals surface area contributed by atoms with Crippen molar-refractivity contribution in [2.24, 2.45) is 5.10 Å². The van der Waals surface area contributed by atoms with Crippen LogP contribution in [0, 0.1) is 6.92 Å². The van der Waals surface area contributed by atoms with Gasteiger partial charge in [0, 0.05) is 21.8 Å². The molecule has 5 rings (SSSR count). The summed E-state index contributed by atoms with van der Waals surface area (Å²) in [5.41, 5.74) is 7.69. The number of nitrogens with one attached hydrogen (secondary N) is 1. The largest absolute Gasteiger partial charge is 0.497 e. The van der Waals surface area contributed by atoms with E-state index in [0.29, 0.717) is 5.02 Å². The normalized spacial score (nSPS) is 19.6. The fourth-order valence-electron chi connectivity index (χ4n) is 3.74. The van der Waals surface area contributed by atoms with Crippen LogP contribution in [-0.4, -0.2) is 18.1 Å². The molecule has 0 saturated heterocycles. The van der Waals surface area contributed by atoms with Crippen LogP contribution < -0.4 is 15.1 Å². The van der Waals surface area contributed by atoms with Gasteiger partial charge < -0.3 is 4.74 Å². The number of carbonyl (C=O) groups excluding carboxylic acids is 1. The molecule has 3 aromatic carbocycles. The summed E-state index contributed by atoms with van der Waals surface area (Å²) in [5.74, 6) is 0.694. The molecule has 1 spiro atoms. The molecule has 1 atom stereocenters. The van der Waals surface area contributed by atoms with Gasteiger partial charge in [-0.05, 0) is 61.5 Å². The van der Waals surface area contributed by atoms with Gasteiger partial charge in [0.1, 0.15) is 10.8 Å². The lowest BCUT2D eigenvalue weighted by molar-refractivity contribution is -0.120. The number of anilines is 2. The number of fused-ring (bicyclic) bond motifs is 2. The molecule has 7 heteroatoms. The zero-order valence-electron chi connectivity index (χ0n) is 16.3. The molecule has 1 N–H and O–H groups in total. The summed E-state index contributed by atoms with van der Waals surface area (Å²) < 4.78 is 5.24. The van der Waals surface area contributed by atoms with Crippen molar-refractivity contribution in [1.29, 1.82) is 0 Å². The highest BCUT2D eigenvalue weighted by Gasteiger charge is 2.55. The number of thioether (sulfide) groups is 1. The smallest absolute Gasteiger partial charge is 0.274 e. The van der Waals surface area contributed by atoms with Crippen LogP contribution in [0.4, 0.5) is 11.4 Å². The maximum Gasteiger partial charge on any atom is 0.274 e. The standard InChI is InChI=1S/C23H18ClN3O2S/c1-14-3-12-20-19(13-14)23(22(28)27(20)17-8-6-16(24)7-9-17)26-25-21(30-23)15-4-10-18(29-2)11-5-15/h3-13,26H,1-2H3. The summed E-state index contributed by atoms with van der Waals surface area (Å²) in [4.78, 5) is 14.5. The Bertz CT molecular complexity index is 1180. The fourth-order valence-corrected chi connectivity index (χ4v) is 5.04. The Morgan fingerprint density at radius 3 is 2.50 bits per heavy atom. The van der Waals surface area contributed by atoms with Crippen LogP contribution in [0.15, 0.2) is 71.8 Å². The summed E-state index contributed by atoms with van der Waals surface area (Å²) in [6.45, 7) is 2.02. The molecular weight excluding hydrogens is 418 g/mol. The van der Waals surface area contributed by atoms with E-state index in [1.807, 2.05) is 55.5 Å². The Morgan fingerprint density at radius 2 is 1.80 bits per heavy atom. The molecule has 1 amide bonds. The number of hydrogen-bond donors (Lipinski definition) is 1. The molecule has 0 aliphatic carbocycles. The highest BCUT2D eigenvalue weighted by Crippen LogP contribution is 2.53. The third-order valence-electron chi connectivity index (χ3n) is 5.26. The maximum atomic E-state index is 13.8. The maximum absolute atomic E-state index is 13.8. The molecule has 0 fully saturated rings. The first-order valence-corrected chi connectivity index (χ1v) is 10.6.